The lowest BCUT2D eigenvalue weighted by atomic mass is 9.79. The summed E-state index contributed by atoms with van der Waals surface area (Å²) in [6.07, 6.45) is -41.6. The van der Waals surface area contributed by atoms with E-state index < -0.39 is 313 Å². The Hall–Kier alpha value is 0.960. The molecule has 0 aromatic heterocycles. The van der Waals surface area contributed by atoms with Crippen molar-refractivity contribution in [1.29, 1.82) is 0 Å². The van der Waals surface area contributed by atoms with E-state index in [9.17, 15) is 62.1 Å². The normalized spacial score (nSPS) is 37.0. The van der Waals surface area contributed by atoms with Gasteiger partial charge in [-0.3, -0.25) is 50.9 Å². The average molecular weight is 2170 g/mol. The zero-order valence-corrected chi connectivity index (χ0v) is 77.5. The highest BCUT2D eigenvalue weighted by Gasteiger charge is 2.56. The van der Waals surface area contributed by atoms with Crippen LogP contribution in [0.4, 0.5) is 0 Å². The van der Waals surface area contributed by atoms with Gasteiger partial charge in [0.05, 0.1) is 134 Å². The highest BCUT2D eigenvalue weighted by molar-refractivity contribution is 7.91. The van der Waals surface area contributed by atoms with E-state index in [-0.39, 0.29) is 123 Å². The van der Waals surface area contributed by atoms with Crippen LogP contribution in [0.2, 0.25) is 0 Å². The van der Waals surface area contributed by atoms with Gasteiger partial charge in [-0.1, -0.05) is 50.4 Å². The zero-order chi connectivity index (χ0) is 95.6. The molecule has 774 valence electrons. The molecule has 0 aromatic carbocycles. The van der Waals surface area contributed by atoms with Crippen molar-refractivity contribution >= 4 is 144 Å². The molecule has 15 unspecified atom stereocenters. The Morgan fingerprint density at radius 1 is 0.221 bits per heavy atom. The fourth-order valence-corrected chi connectivity index (χ4v) is 20.2. The molecule has 7 aliphatic rings. The fourth-order valence-electron chi connectivity index (χ4n) is 15.0. The monoisotopic (exact) mass is 2170 g/mol. The third-order valence-corrected chi connectivity index (χ3v) is 25.5. The minimum atomic E-state index is -5.36. The SMILES string of the molecule is CC1O[C@@H](COCC2[C@H](COCC3[C@H](COC[C@@H]4C(OSOOO)C(O)OC(C)[C@H]4OSOOO)OC(C)[C@@H](OSOOO)[C@@H]3COC[C@@H]3OC(C)[C@@H](OSOOO)[C@H](OSOOO)C3OSOOO)OC(C)[C@@H](OSOOO)[C@@H]2COC[C@@H]2OC(C)[C@@H](OSOOO)[C@H](COC[C@@H]3OC(C)[C@@H](OS(=O)(=O)O)[C@H](O)C3OSOOO)C2OSOOO)C(O)[C@@H](OS(=O)(=O)O)[C@@H]1O. The van der Waals surface area contributed by atoms with Crippen LogP contribution in [0.5, 0.6) is 0 Å². The van der Waals surface area contributed by atoms with E-state index in [0.29, 0.717) is 0 Å². The van der Waals surface area contributed by atoms with E-state index in [0.717, 1.165) is 0 Å². The predicted molar refractivity (Wildman–Crippen MR) is 412 cm³/mol. The molecule has 131 heavy (non-hydrogen) atoms. The van der Waals surface area contributed by atoms with Gasteiger partial charge in [0.15, 0.2) is 130 Å². The van der Waals surface area contributed by atoms with E-state index >= 15 is 0 Å². The first-order valence-corrected chi connectivity index (χ1v) is 46.5. The highest BCUT2D eigenvalue weighted by Crippen LogP contribution is 2.44. The predicted octanol–water partition coefficient (Wildman–Crippen LogP) is 2.40. The van der Waals surface area contributed by atoms with Crippen molar-refractivity contribution in [3.63, 3.8) is 0 Å². The standard InChI is InChI=1S/C54H96O65S12/c1-20-39(55)52(99-131(72,73)74)40(56)35(81-20)16-76-9-28-29(10-77-17-36-48(93-125-115-105-64)31(44(23(4)84-36)90-122-112-102-61)12-80-18-37-50(95-127-117-107-66)41(57)46(25(6)85-37)98-130(69,70)71)42(88-120-110-100-59)21(2)82-33(28)14-75-8-27-30(11-78-19-38-51(96-128-118-108-67)53(97-129-119-109-68)47(26(7)86-38)92-124-114-104-63)43(89-121-111-101-60)22(3)83-34(27)15-79-13-32-45(91-123-113-103-62)24(5)87-54(58)49(32)94-126-116-106-65/h20-68H,8-19H2,1-7H3,(H,69,70,71)(H,72,73,74)/t20?,21?,22?,23?,24?,25?,26?,27?,28?,29-,30-,31+,32+,33+,34+,35+,36+,37+,38+,39-,40?,41+,42-,43-,44-,45-,46-,47-,48?,49?,50?,51?,52+,53+,54?/m1/s1. The van der Waals surface area contributed by atoms with Gasteiger partial charge in [0.1, 0.15) is 116 Å². The van der Waals surface area contributed by atoms with E-state index in [1.54, 1.807) is 6.92 Å². The van der Waals surface area contributed by atoms with Gasteiger partial charge in [0, 0.05) is 35.5 Å². The van der Waals surface area contributed by atoms with E-state index in [4.69, 9.17) is 140 Å². The lowest BCUT2D eigenvalue weighted by Gasteiger charge is -2.47. The first kappa shape index (κ1) is 119. The Balaban J connectivity index is 1.28. The first-order chi connectivity index (χ1) is 63.0. The Bertz CT molecular complexity index is 3200. The molecule has 0 bridgehead atoms. The maximum Gasteiger partial charge on any atom is 0.397 e. The van der Waals surface area contributed by atoms with Crippen molar-refractivity contribution < 1.29 is 304 Å². The topological polar surface area (TPSA) is 807 Å². The average Bonchev–Trinajstić information content (AvgIpc) is 0.782. The van der Waals surface area contributed by atoms with Gasteiger partial charge in [-0.05, 0) is 48.5 Å². The van der Waals surface area contributed by atoms with Crippen LogP contribution in [0.3, 0.4) is 0 Å². The summed E-state index contributed by atoms with van der Waals surface area (Å²) in [4.78, 5) is 0. The van der Waals surface area contributed by atoms with Crippen LogP contribution >= 0.6 is 123 Å². The molecule has 35 atom stereocenters. The maximum atomic E-state index is 12.1. The van der Waals surface area contributed by atoms with Crippen molar-refractivity contribution in [2.75, 3.05) is 79.3 Å². The number of aliphatic hydroxyl groups is 4. The summed E-state index contributed by atoms with van der Waals surface area (Å²) < 4.78 is 262. The van der Waals surface area contributed by atoms with Gasteiger partial charge < -0.3 is 82.0 Å². The van der Waals surface area contributed by atoms with Gasteiger partial charge in [0.25, 0.3) is 0 Å². The second kappa shape index (κ2) is 64.7. The van der Waals surface area contributed by atoms with Crippen LogP contribution < -0.4 is 0 Å². The largest absolute Gasteiger partial charge is 0.397 e. The van der Waals surface area contributed by atoms with Crippen molar-refractivity contribution in [2.24, 2.45) is 35.5 Å². The molecule has 0 aromatic rings. The molecule has 0 spiro atoms. The molecular weight excluding hydrogens is 2070 g/mol. The summed E-state index contributed by atoms with van der Waals surface area (Å²) in [7, 11) is -10.6. The van der Waals surface area contributed by atoms with Gasteiger partial charge in [-0.2, -0.15) is 16.8 Å². The molecule has 0 amide bonds. The lowest BCUT2D eigenvalue weighted by molar-refractivity contribution is -0.436. The number of rotatable bonds is 68. The second-order valence-corrected chi connectivity index (χ2v) is 34.6. The van der Waals surface area contributed by atoms with Gasteiger partial charge >= 0.3 is 20.8 Å². The molecule has 7 rings (SSSR count). The number of hydrogen-bond donors (Lipinski definition) is 16. The third kappa shape index (κ3) is 38.8. The Morgan fingerprint density at radius 3 is 0.847 bits per heavy atom. The summed E-state index contributed by atoms with van der Waals surface area (Å²) in [5.74, 6) is -6.86. The van der Waals surface area contributed by atoms with Crippen LogP contribution in [-0.2, 0) is 226 Å². The smallest absolute Gasteiger partial charge is 0.388 e. The van der Waals surface area contributed by atoms with E-state index in [2.05, 4.69) is 102 Å². The summed E-state index contributed by atoms with van der Waals surface area (Å²) in [5.41, 5.74) is 0. The molecule has 65 nitrogen and oxygen atoms in total. The zero-order valence-electron chi connectivity index (χ0n) is 67.8. The summed E-state index contributed by atoms with van der Waals surface area (Å²) in [6, 6.07) is 0. The highest BCUT2D eigenvalue weighted by atomic mass is 32.3. The van der Waals surface area contributed by atoms with Gasteiger partial charge in [-0.15, -0.1) is 43.3 Å². The van der Waals surface area contributed by atoms with Gasteiger partial charge in [-0.25, -0.2) is 60.9 Å². The number of hydrogen-bond acceptors (Lipinski definition) is 73. The molecule has 0 aliphatic carbocycles. The molecule has 7 saturated heterocycles. The molecular formula is C54H96O65S12. The molecule has 7 heterocycles. The summed E-state index contributed by atoms with van der Waals surface area (Å²) in [5, 5.41) is 173. The van der Waals surface area contributed by atoms with E-state index in [1.165, 1.54) is 41.5 Å². The number of ether oxygens (including phenoxy) is 13. The van der Waals surface area contributed by atoms with Crippen molar-refractivity contribution in [3.8, 4) is 0 Å². The summed E-state index contributed by atoms with van der Waals surface area (Å²) in [6.45, 7) is 3.70. The van der Waals surface area contributed by atoms with Crippen LogP contribution in [0.15, 0.2) is 0 Å². The van der Waals surface area contributed by atoms with Crippen LogP contribution in [0, 0.1) is 35.5 Å². The first-order valence-electron chi connectivity index (χ1n) is 37.1. The van der Waals surface area contributed by atoms with E-state index in [1.807, 2.05) is 0 Å². The molecule has 0 radical (unpaired) electrons. The lowest BCUT2D eigenvalue weighted by Crippen LogP contribution is -2.60. The van der Waals surface area contributed by atoms with Crippen molar-refractivity contribution in [1.82, 2.24) is 0 Å². The maximum absolute atomic E-state index is 12.1. The minimum Gasteiger partial charge on any atom is -0.388 e. The Kier molecular flexibility index (Phi) is 58.7. The second-order valence-electron chi connectivity index (χ2n) is 27.9. The minimum absolute atomic E-state index is 0.0333. The molecule has 0 saturated carbocycles. The van der Waals surface area contributed by atoms with Crippen molar-refractivity contribution in [3.05, 3.63) is 0 Å². The summed E-state index contributed by atoms with van der Waals surface area (Å²) >= 11 is 0.631. The Morgan fingerprint density at radius 2 is 0.466 bits per heavy atom. The fraction of sp³-hybridized carbons (Fsp3) is 1.00. The van der Waals surface area contributed by atoms with Crippen LogP contribution in [0.1, 0.15) is 48.5 Å². The quantitative estimate of drug-likeness (QED) is 0.0137. The molecule has 77 heteroatoms. The molecule has 7 aliphatic heterocycles. The Labute approximate surface area is 784 Å². The van der Waals surface area contributed by atoms with Crippen molar-refractivity contribution in [2.45, 2.75) is 226 Å². The van der Waals surface area contributed by atoms with Crippen LogP contribution in [-0.4, -0.2) is 355 Å². The van der Waals surface area contributed by atoms with Crippen LogP contribution in [0.25, 0.3) is 0 Å². The number of aliphatic hydroxyl groups excluding tert-OH is 4. The third-order valence-electron chi connectivity index (χ3n) is 20.4. The molecule has 7 fully saturated rings. The molecule has 16 N–H and O–H groups in total. The van der Waals surface area contributed by atoms with Gasteiger partial charge in [0.2, 0.25) is 0 Å².